The molecule has 1 rings (SSSR count). The van der Waals surface area contributed by atoms with Gasteiger partial charge in [-0.3, -0.25) is 4.79 Å². The van der Waals surface area contributed by atoms with Crippen LogP contribution in [0.4, 0.5) is 0 Å². The van der Waals surface area contributed by atoms with E-state index in [9.17, 15) is 4.79 Å². The maximum absolute atomic E-state index is 11.7. The smallest absolute Gasteiger partial charge is 0.289 e. The van der Waals surface area contributed by atoms with Crippen molar-refractivity contribution in [2.45, 2.75) is 6.54 Å². The van der Waals surface area contributed by atoms with E-state index in [1.165, 1.54) is 0 Å². The Kier molecular flexibility index (Phi) is 4.33. The Labute approximate surface area is 88.8 Å². The fourth-order valence-corrected chi connectivity index (χ4v) is 1.12. The Balaban J connectivity index is 2.59. The van der Waals surface area contributed by atoms with E-state index in [0.29, 0.717) is 31.2 Å². The predicted molar refractivity (Wildman–Crippen MR) is 55.4 cm³/mol. The number of amides is 1. The maximum atomic E-state index is 11.7. The molecule has 0 atom stereocenters. The maximum Gasteiger partial charge on any atom is 0.289 e. The van der Waals surface area contributed by atoms with Gasteiger partial charge in [0.1, 0.15) is 5.76 Å². The summed E-state index contributed by atoms with van der Waals surface area (Å²) in [6.07, 6.45) is 0. The van der Waals surface area contributed by atoms with Crippen LogP contribution in [0, 0.1) is 0 Å². The summed E-state index contributed by atoms with van der Waals surface area (Å²) in [6.45, 7) is 1.34. The van der Waals surface area contributed by atoms with Crippen molar-refractivity contribution < 1.29 is 13.9 Å². The van der Waals surface area contributed by atoms with E-state index >= 15 is 0 Å². The molecule has 0 unspecified atom stereocenters. The molecule has 0 spiro atoms. The van der Waals surface area contributed by atoms with Crippen LogP contribution in [0.3, 0.4) is 0 Å². The third-order valence-corrected chi connectivity index (χ3v) is 2.05. The molecule has 0 fully saturated rings. The molecule has 1 heterocycles. The van der Waals surface area contributed by atoms with Crippen LogP contribution >= 0.6 is 0 Å². The zero-order valence-electron chi connectivity index (χ0n) is 9.03. The average Bonchev–Trinajstić information content (AvgIpc) is 2.73. The van der Waals surface area contributed by atoms with Gasteiger partial charge < -0.3 is 19.8 Å². The van der Waals surface area contributed by atoms with Gasteiger partial charge in [-0.25, -0.2) is 0 Å². The highest BCUT2D eigenvalue weighted by Gasteiger charge is 2.15. The molecule has 0 saturated heterocycles. The number of carbonyl (C=O) groups is 1. The molecule has 0 aliphatic heterocycles. The van der Waals surface area contributed by atoms with E-state index in [2.05, 4.69) is 0 Å². The van der Waals surface area contributed by atoms with Crippen LogP contribution in [0.25, 0.3) is 0 Å². The Bertz CT molecular complexity index is 322. The molecular weight excluding hydrogens is 196 g/mol. The normalized spacial score (nSPS) is 10.3. The van der Waals surface area contributed by atoms with Gasteiger partial charge in [0.05, 0.1) is 13.2 Å². The lowest BCUT2D eigenvalue weighted by molar-refractivity contribution is 0.0712. The molecule has 0 bridgehead atoms. The quantitative estimate of drug-likeness (QED) is 0.769. The SMILES string of the molecule is COCCN(C)C(=O)c1ccc(CN)o1. The van der Waals surface area contributed by atoms with Crippen LogP contribution in [0.1, 0.15) is 16.3 Å². The summed E-state index contributed by atoms with van der Waals surface area (Å²) < 4.78 is 10.1. The Morgan fingerprint density at radius 2 is 2.33 bits per heavy atom. The monoisotopic (exact) mass is 212 g/mol. The lowest BCUT2D eigenvalue weighted by Crippen LogP contribution is -2.29. The third-order valence-electron chi connectivity index (χ3n) is 2.05. The van der Waals surface area contributed by atoms with E-state index < -0.39 is 0 Å². The van der Waals surface area contributed by atoms with E-state index in [0.717, 1.165) is 0 Å². The zero-order chi connectivity index (χ0) is 11.3. The third kappa shape index (κ3) is 3.07. The summed E-state index contributed by atoms with van der Waals surface area (Å²) in [5.41, 5.74) is 5.38. The number of ether oxygens (including phenoxy) is 1. The number of likely N-dealkylation sites (N-methyl/N-ethyl adjacent to an activating group) is 1. The molecule has 0 saturated carbocycles. The van der Waals surface area contributed by atoms with Crippen LogP contribution in [0.15, 0.2) is 16.5 Å². The molecule has 1 aromatic rings. The minimum atomic E-state index is -0.160. The minimum Gasteiger partial charge on any atom is -0.455 e. The molecule has 2 N–H and O–H groups in total. The summed E-state index contributed by atoms with van der Waals surface area (Å²) in [6, 6.07) is 3.34. The predicted octanol–water partition coefficient (Wildman–Crippen LogP) is 0.457. The van der Waals surface area contributed by atoms with Crippen molar-refractivity contribution in [1.29, 1.82) is 0 Å². The van der Waals surface area contributed by atoms with Crippen molar-refractivity contribution in [2.75, 3.05) is 27.3 Å². The van der Waals surface area contributed by atoms with Crippen molar-refractivity contribution in [3.63, 3.8) is 0 Å². The second-order valence-corrected chi connectivity index (χ2v) is 3.19. The van der Waals surface area contributed by atoms with E-state index in [4.69, 9.17) is 14.9 Å². The number of nitrogens with two attached hydrogens (primary N) is 1. The fourth-order valence-electron chi connectivity index (χ4n) is 1.12. The number of furan rings is 1. The molecule has 0 radical (unpaired) electrons. The number of rotatable bonds is 5. The van der Waals surface area contributed by atoms with Gasteiger partial charge in [0.15, 0.2) is 5.76 Å². The van der Waals surface area contributed by atoms with Crippen molar-refractivity contribution >= 4 is 5.91 Å². The highest BCUT2D eigenvalue weighted by Crippen LogP contribution is 2.09. The van der Waals surface area contributed by atoms with Crippen LogP contribution in [0.5, 0.6) is 0 Å². The lowest BCUT2D eigenvalue weighted by atomic mass is 10.4. The number of nitrogens with zero attached hydrogens (tertiary/aromatic N) is 1. The van der Waals surface area contributed by atoms with Crippen LogP contribution in [-0.2, 0) is 11.3 Å². The molecule has 15 heavy (non-hydrogen) atoms. The van der Waals surface area contributed by atoms with Crippen LogP contribution < -0.4 is 5.73 Å². The first-order valence-corrected chi connectivity index (χ1v) is 4.72. The number of hydrogen-bond acceptors (Lipinski definition) is 4. The standard InChI is InChI=1S/C10H16N2O3/c1-12(5-6-14-2)10(13)9-4-3-8(7-11)15-9/h3-4H,5-7,11H2,1-2H3. The molecule has 0 aliphatic rings. The first-order valence-electron chi connectivity index (χ1n) is 4.72. The van der Waals surface area contributed by atoms with Gasteiger partial charge in [-0.15, -0.1) is 0 Å². The molecule has 1 amide bonds. The van der Waals surface area contributed by atoms with Crippen molar-refractivity contribution in [1.82, 2.24) is 4.90 Å². The number of methoxy groups -OCH3 is 1. The van der Waals surface area contributed by atoms with Gasteiger partial charge in [-0.05, 0) is 12.1 Å². The van der Waals surface area contributed by atoms with Crippen molar-refractivity contribution in [2.24, 2.45) is 5.73 Å². The second kappa shape index (κ2) is 5.53. The second-order valence-electron chi connectivity index (χ2n) is 3.19. The molecule has 0 aromatic carbocycles. The largest absolute Gasteiger partial charge is 0.455 e. The van der Waals surface area contributed by atoms with Gasteiger partial charge in [0.25, 0.3) is 5.91 Å². The number of hydrogen-bond donors (Lipinski definition) is 1. The molecule has 84 valence electrons. The van der Waals surface area contributed by atoms with Gasteiger partial charge in [0, 0.05) is 20.7 Å². The topological polar surface area (TPSA) is 68.7 Å². The van der Waals surface area contributed by atoms with Gasteiger partial charge >= 0.3 is 0 Å². The van der Waals surface area contributed by atoms with Gasteiger partial charge in [-0.1, -0.05) is 0 Å². The fraction of sp³-hybridized carbons (Fsp3) is 0.500. The van der Waals surface area contributed by atoms with E-state index in [1.54, 1.807) is 31.2 Å². The summed E-state index contributed by atoms with van der Waals surface area (Å²) >= 11 is 0. The molecule has 5 heteroatoms. The Hall–Kier alpha value is -1.33. The van der Waals surface area contributed by atoms with Crippen LogP contribution in [-0.4, -0.2) is 38.1 Å². The van der Waals surface area contributed by atoms with E-state index in [1.807, 2.05) is 0 Å². The highest BCUT2D eigenvalue weighted by atomic mass is 16.5. The first kappa shape index (κ1) is 11.7. The summed E-state index contributed by atoms with van der Waals surface area (Å²) in [4.78, 5) is 13.3. The van der Waals surface area contributed by atoms with Crippen LogP contribution in [0.2, 0.25) is 0 Å². The van der Waals surface area contributed by atoms with E-state index in [-0.39, 0.29) is 5.91 Å². The first-order chi connectivity index (χ1) is 7.19. The molecule has 1 aromatic heterocycles. The number of carbonyl (C=O) groups excluding carboxylic acids is 1. The summed E-state index contributed by atoms with van der Waals surface area (Å²) in [7, 11) is 3.30. The Morgan fingerprint density at radius 3 is 2.87 bits per heavy atom. The zero-order valence-corrected chi connectivity index (χ0v) is 9.03. The summed E-state index contributed by atoms with van der Waals surface area (Å²) in [5, 5.41) is 0. The van der Waals surface area contributed by atoms with Crippen molar-refractivity contribution in [3.8, 4) is 0 Å². The minimum absolute atomic E-state index is 0.160. The Morgan fingerprint density at radius 1 is 1.60 bits per heavy atom. The highest BCUT2D eigenvalue weighted by molar-refractivity contribution is 5.91. The van der Waals surface area contributed by atoms with Gasteiger partial charge in [-0.2, -0.15) is 0 Å². The average molecular weight is 212 g/mol. The molecular formula is C10H16N2O3. The van der Waals surface area contributed by atoms with Crippen molar-refractivity contribution in [3.05, 3.63) is 23.7 Å². The lowest BCUT2D eigenvalue weighted by Gasteiger charge is -2.14. The molecule has 0 aliphatic carbocycles. The van der Waals surface area contributed by atoms with Gasteiger partial charge in [0.2, 0.25) is 0 Å². The summed E-state index contributed by atoms with van der Waals surface area (Å²) in [5.74, 6) is 0.763. The molecule has 5 nitrogen and oxygen atoms in total.